The minimum Gasteiger partial charge on any atom is -0.396 e. The molecule has 4 nitrogen and oxygen atoms in total. The van der Waals surface area contributed by atoms with Crippen LogP contribution in [0.2, 0.25) is 0 Å². The zero-order valence-electron chi connectivity index (χ0n) is 9.39. The lowest BCUT2D eigenvalue weighted by atomic mass is 10.1. The number of anilines is 2. The topological polar surface area (TPSA) is 63.8 Å². The molecule has 1 aromatic carbocycles. The Balaban J connectivity index is 2.08. The van der Waals surface area contributed by atoms with Crippen molar-refractivity contribution in [1.29, 1.82) is 0 Å². The van der Waals surface area contributed by atoms with E-state index < -0.39 is 0 Å². The van der Waals surface area contributed by atoms with Gasteiger partial charge in [0.05, 0.1) is 24.1 Å². The van der Waals surface area contributed by atoms with Crippen LogP contribution in [-0.4, -0.2) is 9.97 Å². The van der Waals surface area contributed by atoms with E-state index in [1.807, 2.05) is 6.92 Å². The second-order valence-electron chi connectivity index (χ2n) is 3.76. The smallest absolute Gasteiger partial charge is 0.223 e. The van der Waals surface area contributed by atoms with Gasteiger partial charge in [0, 0.05) is 0 Å². The summed E-state index contributed by atoms with van der Waals surface area (Å²) in [5.41, 5.74) is 6.97. The first-order valence-corrected chi connectivity index (χ1v) is 5.24. The van der Waals surface area contributed by atoms with Gasteiger partial charge in [-0.05, 0) is 24.6 Å². The maximum Gasteiger partial charge on any atom is 0.223 e. The molecule has 17 heavy (non-hydrogen) atoms. The molecule has 2 aromatic rings. The van der Waals surface area contributed by atoms with Crippen LogP contribution < -0.4 is 11.1 Å². The molecule has 0 saturated carbocycles. The fraction of sp³-hybridized carbons (Fsp3) is 0.167. The molecule has 0 saturated heterocycles. The van der Waals surface area contributed by atoms with E-state index in [-0.39, 0.29) is 11.9 Å². The lowest BCUT2D eigenvalue weighted by molar-refractivity contribution is 0.626. The van der Waals surface area contributed by atoms with E-state index >= 15 is 0 Å². The predicted octanol–water partition coefficient (Wildman–Crippen LogP) is 2.37. The van der Waals surface area contributed by atoms with Crippen molar-refractivity contribution in [1.82, 2.24) is 9.97 Å². The van der Waals surface area contributed by atoms with Crippen molar-refractivity contribution in [2.45, 2.75) is 13.0 Å². The van der Waals surface area contributed by atoms with Gasteiger partial charge in [-0.25, -0.2) is 14.4 Å². The van der Waals surface area contributed by atoms with Crippen LogP contribution in [0.4, 0.5) is 16.0 Å². The van der Waals surface area contributed by atoms with Gasteiger partial charge >= 0.3 is 0 Å². The van der Waals surface area contributed by atoms with Crippen molar-refractivity contribution in [3.8, 4) is 0 Å². The molecule has 1 heterocycles. The molecule has 2 rings (SSSR count). The molecule has 0 spiro atoms. The lowest BCUT2D eigenvalue weighted by Gasteiger charge is -2.13. The first-order chi connectivity index (χ1) is 8.15. The Morgan fingerprint density at radius 3 is 2.35 bits per heavy atom. The summed E-state index contributed by atoms with van der Waals surface area (Å²) >= 11 is 0. The normalized spacial score (nSPS) is 12.1. The Labute approximate surface area is 98.7 Å². The monoisotopic (exact) mass is 232 g/mol. The Morgan fingerprint density at radius 2 is 1.76 bits per heavy atom. The first kappa shape index (κ1) is 11.3. The summed E-state index contributed by atoms with van der Waals surface area (Å²) in [4.78, 5) is 8.08. The molecule has 0 radical (unpaired) electrons. The van der Waals surface area contributed by atoms with E-state index in [0.29, 0.717) is 11.6 Å². The number of hydrogen-bond donors (Lipinski definition) is 2. The average molecular weight is 232 g/mol. The van der Waals surface area contributed by atoms with Gasteiger partial charge < -0.3 is 11.1 Å². The molecule has 0 aliphatic carbocycles. The Morgan fingerprint density at radius 1 is 1.18 bits per heavy atom. The molecule has 1 aromatic heterocycles. The van der Waals surface area contributed by atoms with E-state index in [4.69, 9.17) is 5.73 Å². The number of nitrogens with two attached hydrogens (primary N) is 1. The molecule has 1 atom stereocenters. The average Bonchev–Trinajstić information content (AvgIpc) is 2.33. The van der Waals surface area contributed by atoms with Crippen molar-refractivity contribution in [2.75, 3.05) is 11.1 Å². The molecule has 88 valence electrons. The molecule has 0 amide bonds. The van der Waals surface area contributed by atoms with E-state index in [0.717, 1.165) is 5.56 Å². The third-order valence-electron chi connectivity index (χ3n) is 2.39. The van der Waals surface area contributed by atoms with Crippen LogP contribution in [-0.2, 0) is 0 Å². The van der Waals surface area contributed by atoms with E-state index in [1.54, 1.807) is 12.1 Å². The highest BCUT2D eigenvalue weighted by Gasteiger charge is 2.06. The van der Waals surface area contributed by atoms with Crippen LogP contribution in [0, 0.1) is 5.82 Å². The Hall–Kier alpha value is -2.17. The van der Waals surface area contributed by atoms with E-state index in [9.17, 15) is 4.39 Å². The number of aromatic nitrogens is 2. The second-order valence-corrected chi connectivity index (χ2v) is 3.76. The van der Waals surface area contributed by atoms with Gasteiger partial charge in [-0.1, -0.05) is 12.1 Å². The first-order valence-electron chi connectivity index (χ1n) is 5.24. The fourth-order valence-electron chi connectivity index (χ4n) is 1.44. The zero-order chi connectivity index (χ0) is 12.3. The van der Waals surface area contributed by atoms with Gasteiger partial charge in [0.1, 0.15) is 5.82 Å². The van der Waals surface area contributed by atoms with Crippen LogP contribution in [0.25, 0.3) is 0 Å². The highest BCUT2D eigenvalue weighted by molar-refractivity contribution is 5.37. The van der Waals surface area contributed by atoms with Crippen molar-refractivity contribution in [2.24, 2.45) is 0 Å². The molecule has 3 N–H and O–H groups in total. The number of halogens is 1. The maximum absolute atomic E-state index is 12.8. The summed E-state index contributed by atoms with van der Waals surface area (Å²) in [6.45, 7) is 1.95. The molecule has 0 fully saturated rings. The van der Waals surface area contributed by atoms with E-state index in [1.165, 1.54) is 24.5 Å². The second kappa shape index (κ2) is 4.78. The van der Waals surface area contributed by atoms with Crippen molar-refractivity contribution in [3.63, 3.8) is 0 Å². The highest BCUT2D eigenvalue weighted by Crippen LogP contribution is 2.16. The molecule has 0 bridgehead atoms. The number of nitrogen functional groups attached to an aromatic ring is 1. The maximum atomic E-state index is 12.8. The zero-order valence-corrected chi connectivity index (χ0v) is 9.39. The largest absolute Gasteiger partial charge is 0.396 e. The third-order valence-corrected chi connectivity index (χ3v) is 2.39. The number of benzene rings is 1. The standard InChI is InChI=1S/C12H13FN4/c1-8(9-2-4-10(13)5-3-9)17-12-15-6-11(14)7-16-12/h2-8H,14H2,1H3,(H,15,16,17). The highest BCUT2D eigenvalue weighted by atomic mass is 19.1. The molecular weight excluding hydrogens is 219 g/mol. The molecule has 1 unspecified atom stereocenters. The minimum absolute atomic E-state index is 0.000718. The molecule has 0 aliphatic rings. The predicted molar refractivity (Wildman–Crippen MR) is 64.9 cm³/mol. The quantitative estimate of drug-likeness (QED) is 0.852. The van der Waals surface area contributed by atoms with Gasteiger partial charge in [0.2, 0.25) is 5.95 Å². The van der Waals surface area contributed by atoms with Crippen molar-refractivity contribution >= 4 is 11.6 Å². The third kappa shape index (κ3) is 2.90. The van der Waals surface area contributed by atoms with Crippen molar-refractivity contribution in [3.05, 3.63) is 48.0 Å². The van der Waals surface area contributed by atoms with Crippen LogP contribution in [0.1, 0.15) is 18.5 Å². The van der Waals surface area contributed by atoms with Crippen LogP contribution in [0.3, 0.4) is 0 Å². The molecule has 0 aliphatic heterocycles. The lowest BCUT2D eigenvalue weighted by Crippen LogP contribution is -2.09. The number of rotatable bonds is 3. The Bertz CT molecular complexity index is 481. The molecular formula is C12H13FN4. The fourth-order valence-corrected chi connectivity index (χ4v) is 1.44. The number of nitrogens with one attached hydrogen (secondary N) is 1. The van der Waals surface area contributed by atoms with Crippen LogP contribution in [0.5, 0.6) is 0 Å². The van der Waals surface area contributed by atoms with E-state index in [2.05, 4.69) is 15.3 Å². The summed E-state index contributed by atoms with van der Waals surface area (Å²) in [5, 5.41) is 3.10. The summed E-state index contributed by atoms with van der Waals surface area (Å²) in [7, 11) is 0. The number of nitrogens with zero attached hydrogens (tertiary/aromatic N) is 2. The van der Waals surface area contributed by atoms with Gasteiger partial charge in [-0.2, -0.15) is 0 Å². The number of hydrogen-bond acceptors (Lipinski definition) is 4. The summed E-state index contributed by atoms with van der Waals surface area (Å²) in [5.74, 6) is 0.251. The van der Waals surface area contributed by atoms with Gasteiger partial charge in [0.25, 0.3) is 0 Å². The Kier molecular flexibility index (Phi) is 3.18. The summed E-state index contributed by atoms with van der Waals surface area (Å²) in [6, 6.07) is 6.31. The van der Waals surface area contributed by atoms with Crippen LogP contribution in [0.15, 0.2) is 36.7 Å². The van der Waals surface area contributed by atoms with Crippen molar-refractivity contribution < 1.29 is 4.39 Å². The summed E-state index contributed by atoms with van der Waals surface area (Å²) in [6.07, 6.45) is 3.07. The summed E-state index contributed by atoms with van der Waals surface area (Å²) < 4.78 is 12.8. The van der Waals surface area contributed by atoms with Gasteiger partial charge in [0.15, 0.2) is 0 Å². The van der Waals surface area contributed by atoms with Gasteiger partial charge in [-0.15, -0.1) is 0 Å². The minimum atomic E-state index is -0.246. The molecule has 5 heteroatoms. The van der Waals surface area contributed by atoms with Crippen LogP contribution >= 0.6 is 0 Å². The van der Waals surface area contributed by atoms with Gasteiger partial charge in [-0.3, -0.25) is 0 Å². The SMILES string of the molecule is CC(Nc1ncc(N)cn1)c1ccc(F)cc1.